The molecule has 0 radical (unpaired) electrons. The van der Waals surface area contributed by atoms with E-state index in [0.717, 1.165) is 27.4 Å². The van der Waals surface area contributed by atoms with Crippen molar-refractivity contribution in [1.82, 2.24) is 4.90 Å². The van der Waals surface area contributed by atoms with Gasteiger partial charge in [0.1, 0.15) is 0 Å². The molecule has 0 aromatic heterocycles. The second kappa shape index (κ2) is 9.15. The van der Waals surface area contributed by atoms with Gasteiger partial charge in [0.2, 0.25) is 0 Å². The lowest BCUT2D eigenvalue weighted by atomic mass is 10.1. The number of ether oxygens (including phenoxy) is 2. The summed E-state index contributed by atoms with van der Waals surface area (Å²) in [6, 6.07) is 11.1. The average molecular weight is 527 g/mol. The summed E-state index contributed by atoms with van der Waals surface area (Å²) in [5.74, 6) is 0.842. The Hall–Kier alpha value is -1.77. The summed E-state index contributed by atoms with van der Waals surface area (Å²) in [6.07, 6.45) is 1.69. The molecule has 0 unspecified atom stereocenters. The summed E-state index contributed by atoms with van der Waals surface area (Å²) in [4.78, 5) is 26.8. The van der Waals surface area contributed by atoms with E-state index in [9.17, 15) is 9.59 Å². The molecule has 28 heavy (non-hydrogen) atoms. The molecule has 8 heteroatoms. The topological polar surface area (TPSA) is 55.8 Å². The second-order valence-corrected chi connectivity index (χ2v) is 8.53. The van der Waals surface area contributed by atoms with Crippen molar-refractivity contribution in [3.8, 4) is 11.5 Å². The molecule has 0 aliphatic carbocycles. The lowest BCUT2D eigenvalue weighted by Crippen LogP contribution is -2.27. The smallest absolute Gasteiger partial charge is 0.293 e. The number of hydrogen-bond donors (Lipinski definition) is 0. The van der Waals surface area contributed by atoms with E-state index in [2.05, 4.69) is 31.9 Å². The highest BCUT2D eigenvalue weighted by Gasteiger charge is 2.35. The zero-order valence-corrected chi connectivity index (χ0v) is 19.2. The van der Waals surface area contributed by atoms with E-state index < -0.39 is 0 Å². The predicted molar refractivity (Wildman–Crippen MR) is 118 cm³/mol. The molecule has 2 aromatic rings. The monoisotopic (exact) mass is 525 g/mol. The standard InChI is InChI=1S/C20H17Br2NO4S/c1-3-27-16-9-12(8-15(22)18(16)26-2)10-17-19(24)23(20(25)28-17)11-13-6-4-5-7-14(13)21/h4-10H,3,11H2,1-2H3/b17-10-. The minimum atomic E-state index is -0.310. The fourth-order valence-electron chi connectivity index (χ4n) is 2.72. The van der Waals surface area contributed by atoms with E-state index in [1.807, 2.05) is 37.3 Å². The first-order valence-electron chi connectivity index (χ1n) is 8.43. The van der Waals surface area contributed by atoms with Gasteiger partial charge >= 0.3 is 0 Å². The zero-order chi connectivity index (χ0) is 20.3. The molecule has 2 aromatic carbocycles. The van der Waals surface area contributed by atoms with E-state index in [1.54, 1.807) is 19.3 Å². The molecule has 3 rings (SSSR count). The van der Waals surface area contributed by atoms with Crippen molar-refractivity contribution in [1.29, 1.82) is 0 Å². The van der Waals surface area contributed by atoms with Crippen LogP contribution in [0.2, 0.25) is 0 Å². The summed E-state index contributed by atoms with van der Waals surface area (Å²) < 4.78 is 12.5. The molecule has 1 saturated heterocycles. The van der Waals surface area contributed by atoms with Crippen LogP contribution in [0.4, 0.5) is 4.79 Å². The second-order valence-electron chi connectivity index (χ2n) is 5.83. The van der Waals surface area contributed by atoms with Gasteiger partial charge in [0.15, 0.2) is 11.5 Å². The van der Waals surface area contributed by atoms with Gasteiger partial charge in [-0.3, -0.25) is 14.5 Å². The normalized spacial score (nSPS) is 15.4. The Bertz CT molecular complexity index is 961. The molecule has 0 atom stereocenters. The third-order valence-corrected chi connectivity index (χ3v) is 6.26. The van der Waals surface area contributed by atoms with Crippen molar-refractivity contribution >= 4 is 60.8 Å². The highest BCUT2D eigenvalue weighted by atomic mass is 79.9. The number of carbonyl (C=O) groups is 2. The molecular weight excluding hydrogens is 510 g/mol. The van der Waals surface area contributed by atoms with Gasteiger partial charge in [0.05, 0.1) is 29.6 Å². The molecule has 0 N–H and O–H groups in total. The number of halogens is 2. The van der Waals surface area contributed by atoms with E-state index in [0.29, 0.717) is 27.5 Å². The minimum Gasteiger partial charge on any atom is -0.492 e. The number of nitrogens with zero attached hydrogens (tertiary/aromatic N) is 1. The Morgan fingerprint density at radius 2 is 1.89 bits per heavy atom. The number of methoxy groups -OCH3 is 1. The SMILES string of the molecule is CCOc1cc(/C=C2\SC(=O)N(Cc3ccccc3Br)C2=O)cc(Br)c1OC. The zero-order valence-electron chi connectivity index (χ0n) is 15.2. The molecule has 1 heterocycles. The van der Waals surface area contributed by atoms with Gasteiger partial charge in [-0.05, 0) is 70.0 Å². The van der Waals surface area contributed by atoms with Gasteiger partial charge in [-0.15, -0.1) is 0 Å². The summed E-state index contributed by atoms with van der Waals surface area (Å²) in [5, 5.41) is -0.287. The average Bonchev–Trinajstić information content (AvgIpc) is 2.91. The van der Waals surface area contributed by atoms with Crippen LogP contribution >= 0.6 is 43.6 Å². The number of rotatable bonds is 6. The van der Waals surface area contributed by atoms with Gasteiger partial charge in [0.25, 0.3) is 11.1 Å². The molecule has 5 nitrogen and oxygen atoms in total. The van der Waals surface area contributed by atoms with E-state index in [1.165, 1.54) is 4.90 Å². The Kier molecular flexibility index (Phi) is 6.85. The van der Waals surface area contributed by atoms with Gasteiger partial charge < -0.3 is 9.47 Å². The quantitative estimate of drug-likeness (QED) is 0.441. The molecule has 1 fully saturated rings. The maximum atomic E-state index is 12.8. The fourth-order valence-corrected chi connectivity index (χ4v) is 4.59. The Balaban J connectivity index is 1.88. The van der Waals surface area contributed by atoms with E-state index in [4.69, 9.17) is 9.47 Å². The number of hydrogen-bond acceptors (Lipinski definition) is 5. The maximum absolute atomic E-state index is 12.8. The molecule has 146 valence electrons. The van der Waals surface area contributed by atoms with Crippen molar-refractivity contribution in [2.75, 3.05) is 13.7 Å². The largest absolute Gasteiger partial charge is 0.492 e. The molecule has 1 aliphatic rings. The van der Waals surface area contributed by atoms with Crippen LogP contribution in [0.5, 0.6) is 11.5 Å². The number of thioether (sulfide) groups is 1. The van der Waals surface area contributed by atoms with Crippen molar-refractivity contribution in [2.24, 2.45) is 0 Å². The Morgan fingerprint density at radius 3 is 2.57 bits per heavy atom. The van der Waals surface area contributed by atoms with E-state index >= 15 is 0 Å². The predicted octanol–water partition coefficient (Wildman–Crippen LogP) is 5.86. The minimum absolute atomic E-state index is 0.222. The number of benzene rings is 2. The lowest BCUT2D eigenvalue weighted by molar-refractivity contribution is -0.123. The summed E-state index contributed by atoms with van der Waals surface area (Å²) in [6.45, 7) is 2.59. The third-order valence-electron chi connectivity index (χ3n) is 3.99. The highest BCUT2D eigenvalue weighted by Crippen LogP contribution is 2.39. The summed E-state index contributed by atoms with van der Waals surface area (Å²) in [5.41, 5.74) is 1.61. The van der Waals surface area contributed by atoms with Crippen LogP contribution in [0.25, 0.3) is 6.08 Å². The van der Waals surface area contributed by atoms with Crippen molar-refractivity contribution < 1.29 is 19.1 Å². The van der Waals surface area contributed by atoms with Crippen LogP contribution < -0.4 is 9.47 Å². The van der Waals surface area contributed by atoms with Crippen LogP contribution in [0, 0.1) is 0 Å². The first-order chi connectivity index (χ1) is 13.4. The summed E-state index contributed by atoms with van der Waals surface area (Å²) >= 11 is 7.85. The molecule has 2 amide bonds. The van der Waals surface area contributed by atoms with Crippen LogP contribution in [0.15, 0.2) is 50.2 Å². The number of amides is 2. The number of carbonyl (C=O) groups excluding carboxylic acids is 2. The first kappa shape index (κ1) is 21.0. The van der Waals surface area contributed by atoms with Crippen LogP contribution in [-0.4, -0.2) is 29.8 Å². The highest BCUT2D eigenvalue weighted by molar-refractivity contribution is 9.10. The number of imide groups is 1. The Morgan fingerprint density at radius 1 is 1.14 bits per heavy atom. The van der Waals surface area contributed by atoms with Crippen LogP contribution in [0.1, 0.15) is 18.1 Å². The van der Waals surface area contributed by atoms with E-state index in [-0.39, 0.29) is 17.7 Å². The van der Waals surface area contributed by atoms with Gasteiger partial charge in [-0.2, -0.15) is 0 Å². The Labute approximate surface area is 184 Å². The summed E-state index contributed by atoms with van der Waals surface area (Å²) in [7, 11) is 1.56. The fraction of sp³-hybridized carbons (Fsp3) is 0.200. The van der Waals surface area contributed by atoms with Crippen LogP contribution in [-0.2, 0) is 11.3 Å². The molecule has 0 bridgehead atoms. The van der Waals surface area contributed by atoms with Crippen molar-refractivity contribution in [3.63, 3.8) is 0 Å². The molecule has 0 saturated carbocycles. The first-order valence-corrected chi connectivity index (χ1v) is 10.8. The molecular formula is C20H17Br2NO4S. The molecule has 0 spiro atoms. The maximum Gasteiger partial charge on any atom is 0.293 e. The lowest BCUT2D eigenvalue weighted by Gasteiger charge is -2.13. The molecule has 1 aliphatic heterocycles. The van der Waals surface area contributed by atoms with Crippen LogP contribution in [0.3, 0.4) is 0 Å². The van der Waals surface area contributed by atoms with Gasteiger partial charge in [-0.1, -0.05) is 34.1 Å². The van der Waals surface area contributed by atoms with Gasteiger partial charge in [0, 0.05) is 4.47 Å². The van der Waals surface area contributed by atoms with Gasteiger partial charge in [-0.25, -0.2) is 0 Å². The van der Waals surface area contributed by atoms with Crippen molar-refractivity contribution in [3.05, 3.63) is 61.4 Å². The van der Waals surface area contributed by atoms with Crippen molar-refractivity contribution in [2.45, 2.75) is 13.5 Å². The third kappa shape index (κ3) is 4.45.